The Bertz CT molecular complexity index is 1140. The van der Waals surface area contributed by atoms with Crippen molar-refractivity contribution < 1.29 is 19.2 Å². The van der Waals surface area contributed by atoms with Crippen LogP contribution in [-0.4, -0.2) is 14.7 Å². The molecule has 3 aromatic rings. The highest BCUT2D eigenvalue weighted by molar-refractivity contribution is 7.62. The minimum Gasteiger partial charge on any atom is -0.443 e. The van der Waals surface area contributed by atoms with Crippen molar-refractivity contribution in [3.05, 3.63) is 65.7 Å². The van der Waals surface area contributed by atoms with Crippen molar-refractivity contribution in [3.63, 3.8) is 0 Å². The van der Waals surface area contributed by atoms with E-state index in [4.69, 9.17) is 4.52 Å². The Labute approximate surface area is 192 Å². The molecule has 0 spiro atoms. The molecule has 0 fully saturated rings. The maximum atomic E-state index is 11.5. The van der Waals surface area contributed by atoms with Crippen LogP contribution in [0.1, 0.15) is 52.7 Å². The molecule has 0 bridgehead atoms. The van der Waals surface area contributed by atoms with E-state index in [1.807, 2.05) is 48.5 Å². The number of hydrogen-bond donors (Lipinski definition) is 3. The lowest BCUT2D eigenvalue weighted by Gasteiger charge is -2.33. The Kier molecular flexibility index (Phi) is 5.99. The summed E-state index contributed by atoms with van der Waals surface area (Å²) in [5.74, 6) is 0.678. The second-order valence-electron chi connectivity index (χ2n) is 10.2. The van der Waals surface area contributed by atoms with Crippen molar-refractivity contribution in [2.45, 2.75) is 52.4 Å². The van der Waals surface area contributed by atoms with Crippen LogP contribution >= 0.6 is 16.8 Å². The average molecular weight is 468 g/mol. The molecule has 1 aliphatic rings. The second kappa shape index (κ2) is 8.20. The van der Waals surface area contributed by atoms with Crippen molar-refractivity contribution in [1.29, 1.82) is 0 Å². The van der Waals surface area contributed by atoms with E-state index >= 15 is 0 Å². The van der Waals surface area contributed by atoms with Gasteiger partial charge in [0.2, 0.25) is 0 Å². The van der Waals surface area contributed by atoms with Gasteiger partial charge in [-0.15, -0.1) is 0 Å². The highest BCUT2D eigenvalue weighted by atomic mass is 31.2. The van der Waals surface area contributed by atoms with Crippen molar-refractivity contribution >= 4 is 27.4 Å². The van der Waals surface area contributed by atoms with E-state index in [0.717, 1.165) is 33.4 Å². The molecule has 0 heterocycles. The molecule has 1 atom stereocenters. The van der Waals surface area contributed by atoms with E-state index in [2.05, 4.69) is 41.5 Å². The summed E-state index contributed by atoms with van der Waals surface area (Å²) in [6.07, 6.45) is 0. The Morgan fingerprint density at radius 3 is 1.75 bits per heavy atom. The monoisotopic (exact) mass is 468 g/mol. The van der Waals surface area contributed by atoms with Crippen LogP contribution in [-0.2, 0) is 10.8 Å². The summed E-state index contributed by atoms with van der Waals surface area (Å²) in [6.45, 7) is 12.7. The topological polar surface area (TPSA) is 69.9 Å². The summed E-state index contributed by atoms with van der Waals surface area (Å²) in [7, 11) is -4.54. The summed E-state index contributed by atoms with van der Waals surface area (Å²) in [5, 5.41) is 0.836. The predicted molar refractivity (Wildman–Crippen MR) is 135 cm³/mol. The minimum absolute atomic E-state index is 0.190. The Balaban J connectivity index is 1.87. The van der Waals surface area contributed by atoms with Crippen LogP contribution in [0, 0.1) is 0 Å². The Morgan fingerprint density at radius 2 is 1.22 bits per heavy atom. The van der Waals surface area contributed by atoms with Gasteiger partial charge in [-0.1, -0.05) is 90.1 Å². The lowest BCUT2D eigenvalue weighted by molar-refractivity contribution is 0.459. The molecule has 4 rings (SSSR count). The molecule has 3 N–H and O–H groups in total. The summed E-state index contributed by atoms with van der Waals surface area (Å²) < 4.78 is 6.40. The molecule has 0 aromatic heterocycles. The van der Waals surface area contributed by atoms with Crippen LogP contribution in [0.5, 0.6) is 5.75 Å². The number of para-hydroxylation sites is 1. The van der Waals surface area contributed by atoms with Crippen LogP contribution in [0.4, 0.5) is 0 Å². The first-order chi connectivity index (χ1) is 14.9. The summed E-state index contributed by atoms with van der Waals surface area (Å²) in [6, 6.07) is 17.7. The molecule has 0 radical (unpaired) electrons. The maximum absolute atomic E-state index is 11.5. The third-order valence-corrected chi connectivity index (χ3v) is 8.04. The molecular formula is C26H30O4P2. The lowest BCUT2D eigenvalue weighted by Crippen LogP contribution is -2.29. The van der Waals surface area contributed by atoms with Crippen molar-refractivity contribution in [3.8, 4) is 28.0 Å². The van der Waals surface area contributed by atoms with Gasteiger partial charge < -0.3 is 19.2 Å². The molecule has 32 heavy (non-hydrogen) atoms. The first-order valence-corrected chi connectivity index (χ1v) is 13.1. The van der Waals surface area contributed by atoms with Crippen molar-refractivity contribution in [2.75, 3.05) is 0 Å². The predicted octanol–water partition coefficient (Wildman–Crippen LogP) is 5.86. The number of fused-ring (bicyclic) bond motifs is 4. The van der Waals surface area contributed by atoms with Gasteiger partial charge in [0.1, 0.15) is 5.75 Å². The fourth-order valence-corrected chi connectivity index (χ4v) is 6.45. The van der Waals surface area contributed by atoms with E-state index in [9.17, 15) is 14.7 Å². The van der Waals surface area contributed by atoms with E-state index in [0.29, 0.717) is 16.4 Å². The third kappa shape index (κ3) is 4.00. The number of benzene rings is 3. The van der Waals surface area contributed by atoms with E-state index in [-0.39, 0.29) is 10.8 Å². The van der Waals surface area contributed by atoms with Gasteiger partial charge >= 0.3 is 0 Å². The second-order valence-corrected chi connectivity index (χ2v) is 12.5. The fraction of sp³-hybridized carbons (Fsp3) is 0.308. The number of hydrogen-bond acceptors (Lipinski definition) is 4. The molecule has 0 aliphatic heterocycles. The molecule has 1 aliphatic carbocycles. The molecule has 0 saturated heterocycles. The third-order valence-electron chi connectivity index (χ3n) is 5.86. The van der Waals surface area contributed by atoms with Gasteiger partial charge in [0, 0.05) is 22.0 Å². The minimum atomic E-state index is -2.39. The van der Waals surface area contributed by atoms with Crippen LogP contribution in [0.2, 0.25) is 0 Å². The largest absolute Gasteiger partial charge is 0.443 e. The van der Waals surface area contributed by atoms with E-state index in [1.165, 1.54) is 0 Å². The van der Waals surface area contributed by atoms with Gasteiger partial charge in [0.15, 0.2) is 8.38 Å². The van der Waals surface area contributed by atoms with Gasteiger partial charge in [-0.3, -0.25) is 0 Å². The summed E-state index contributed by atoms with van der Waals surface area (Å²) in [4.78, 5) is 31.8. The molecule has 3 aromatic carbocycles. The molecular weight excluding hydrogens is 438 g/mol. The molecule has 0 amide bonds. The zero-order valence-corrected chi connectivity index (χ0v) is 21.1. The molecule has 0 saturated carbocycles. The first-order valence-electron chi connectivity index (χ1n) is 10.7. The normalized spacial score (nSPS) is 13.9. The van der Waals surface area contributed by atoms with Crippen LogP contribution < -0.4 is 15.1 Å². The standard InChI is InChI=1S/C26H30O4P2/c1-25(2,3)19-12-9-13-20(26(4,5)6)23(19)30-32(29)24-21(31(27)28)15-14-18-16-10-7-8-11-17(16)22(18)24/h7-15,27-29H,1-6H3. The van der Waals surface area contributed by atoms with E-state index < -0.39 is 16.8 Å². The first kappa shape index (κ1) is 23.4. The summed E-state index contributed by atoms with van der Waals surface area (Å²) in [5.41, 5.74) is 5.60. The van der Waals surface area contributed by atoms with Crippen LogP contribution in [0.25, 0.3) is 22.3 Å². The highest BCUT2D eigenvalue weighted by Crippen LogP contribution is 2.52. The smallest absolute Gasteiger partial charge is 0.263 e. The van der Waals surface area contributed by atoms with E-state index in [1.54, 1.807) is 6.07 Å². The molecule has 168 valence electrons. The SMILES string of the molecule is CC(C)(C)c1cccc(C(C)(C)C)c1OP(O)c1c(P(O)O)ccc2c1-c1ccccc1-2. The fourth-order valence-electron chi connectivity index (χ4n) is 4.25. The van der Waals surface area contributed by atoms with Gasteiger partial charge in [-0.25, -0.2) is 0 Å². The number of rotatable bonds is 4. The average Bonchev–Trinajstić information content (AvgIpc) is 2.69. The quantitative estimate of drug-likeness (QED) is 0.328. The Hall–Kier alpha value is -1.80. The van der Waals surface area contributed by atoms with Crippen LogP contribution in [0.3, 0.4) is 0 Å². The molecule has 4 nitrogen and oxygen atoms in total. The van der Waals surface area contributed by atoms with Gasteiger partial charge in [0.25, 0.3) is 8.38 Å². The molecule has 6 heteroatoms. The Morgan fingerprint density at radius 1 is 0.656 bits per heavy atom. The van der Waals surface area contributed by atoms with Crippen molar-refractivity contribution in [1.82, 2.24) is 0 Å². The van der Waals surface area contributed by atoms with Gasteiger partial charge in [-0.05, 0) is 33.6 Å². The van der Waals surface area contributed by atoms with Crippen LogP contribution in [0.15, 0.2) is 54.6 Å². The summed E-state index contributed by atoms with van der Waals surface area (Å²) >= 11 is 0. The van der Waals surface area contributed by atoms with Crippen molar-refractivity contribution in [2.24, 2.45) is 0 Å². The lowest BCUT2D eigenvalue weighted by atomic mass is 9.80. The molecule has 1 unspecified atom stereocenters. The van der Waals surface area contributed by atoms with Gasteiger partial charge in [-0.2, -0.15) is 0 Å². The zero-order valence-electron chi connectivity index (χ0n) is 19.3. The zero-order chi connectivity index (χ0) is 23.4. The highest BCUT2D eigenvalue weighted by Gasteiger charge is 2.35. The maximum Gasteiger partial charge on any atom is 0.263 e. The van der Waals surface area contributed by atoms with Gasteiger partial charge in [0.05, 0.1) is 5.30 Å².